The smallest absolute Gasteiger partial charge is 0.115 e. The summed E-state index contributed by atoms with van der Waals surface area (Å²) in [6.45, 7) is 10.1. The zero-order chi connectivity index (χ0) is 22.4. The van der Waals surface area contributed by atoms with Gasteiger partial charge >= 0.3 is 0 Å². The quantitative estimate of drug-likeness (QED) is 0.673. The lowest BCUT2D eigenvalue weighted by Gasteiger charge is -2.40. The molecule has 3 rings (SSSR count). The number of pyridine rings is 1. The van der Waals surface area contributed by atoms with Gasteiger partial charge in [0.15, 0.2) is 0 Å². The fraction of sp³-hybridized carbons (Fsp3) is 0.667. The first-order chi connectivity index (χ1) is 14.7. The van der Waals surface area contributed by atoms with Gasteiger partial charge in [0.2, 0.25) is 0 Å². The van der Waals surface area contributed by atoms with E-state index in [0.29, 0.717) is 36.2 Å². The number of ether oxygens (including phenoxy) is 3. The summed E-state index contributed by atoms with van der Waals surface area (Å²) in [6.07, 6.45) is 6.54. The minimum atomic E-state index is 0.294. The second-order valence-corrected chi connectivity index (χ2v) is 6.71. The van der Waals surface area contributed by atoms with Crippen molar-refractivity contribution in [1.82, 2.24) is 4.98 Å². The van der Waals surface area contributed by atoms with E-state index in [1.165, 1.54) is 0 Å². The standard InChI is InChI=1S/C20H25N3O3.2C2H6/c1-24-9-3-4-16-10-20(15(13-21)14-22-16)23-7-5-17(6-8-23)26-19-11-18(12-19)25-2;2*1-2/h10,14,17-19H,5-9,11-12H2,1-2H3;2*1-2H3. The fourth-order valence-corrected chi connectivity index (χ4v) is 3.39. The molecule has 1 aromatic heterocycles. The monoisotopic (exact) mass is 415 g/mol. The Bertz CT molecular complexity index is 707. The normalized spacial score (nSPS) is 20.2. The molecule has 1 aromatic rings. The third-order valence-electron chi connectivity index (χ3n) is 4.99. The Morgan fingerprint density at radius 1 is 1.07 bits per heavy atom. The third kappa shape index (κ3) is 7.61. The summed E-state index contributed by atoms with van der Waals surface area (Å²) < 4.78 is 16.4. The Morgan fingerprint density at radius 2 is 1.73 bits per heavy atom. The Labute approximate surface area is 182 Å². The van der Waals surface area contributed by atoms with Crippen LogP contribution in [0, 0.1) is 23.2 Å². The molecule has 0 radical (unpaired) electrons. The average Bonchev–Trinajstić information content (AvgIpc) is 2.79. The first-order valence-corrected chi connectivity index (χ1v) is 11.0. The molecule has 0 spiro atoms. The molecule has 0 unspecified atom stereocenters. The van der Waals surface area contributed by atoms with Crippen LogP contribution < -0.4 is 4.90 Å². The summed E-state index contributed by atoms with van der Waals surface area (Å²) in [5.41, 5.74) is 2.16. The first-order valence-electron chi connectivity index (χ1n) is 11.0. The lowest BCUT2D eigenvalue weighted by atomic mass is 9.91. The van der Waals surface area contributed by atoms with Gasteiger partial charge in [-0.25, -0.2) is 4.98 Å². The molecule has 0 aromatic carbocycles. The van der Waals surface area contributed by atoms with Gasteiger partial charge in [-0.15, -0.1) is 0 Å². The van der Waals surface area contributed by atoms with E-state index >= 15 is 0 Å². The summed E-state index contributed by atoms with van der Waals surface area (Å²) in [7, 11) is 3.37. The molecule has 6 heteroatoms. The van der Waals surface area contributed by atoms with Crippen molar-refractivity contribution in [3.8, 4) is 17.9 Å². The number of rotatable bonds is 5. The molecular formula is C24H37N3O3. The second kappa shape index (κ2) is 14.8. The van der Waals surface area contributed by atoms with E-state index < -0.39 is 0 Å². The Kier molecular flexibility index (Phi) is 12.8. The molecule has 166 valence electrons. The zero-order valence-corrected chi connectivity index (χ0v) is 19.4. The van der Waals surface area contributed by atoms with Gasteiger partial charge in [-0.3, -0.25) is 0 Å². The van der Waals surface area contributed by atoms with Crippen molar-refractivity contribution in [1.29, 1.82) is 5.26 Å². The van der Waals surface area contributed by atoms with Crippen LogP contribution in [-0.4, -0.2) is 57.2 Å². The van der Waals surface area contributed by atoms with E-state index in [4.69, 9.17) is 14.2 Å². The maximum atomic E-state index is 9.40. The molecular weight excluding hydrogens is 378 g/mol. The van der Waals surface area contributed by atoms with Gasteiger partial charge in [-0.2, -0.15) is 5.26 Å². The highest BCUT2D eigenvalue weighted by molar-refractivity contribution is 5.60. The highest BCUT2D eigenvalue weighted by Gasteiger charge is 2.33. The number of nitrogens with zero attached hydrogens (tertiary/aromatic N) is 3. The lowest BCUT2D eigenvalue weighted by Crippen LogP contribution is -2.43. The summed E-state index contributed by atoms with van der Waals surface area (Å²) in [5.74, 6) is 5.88. The molecule has 2 fully saturated rings. The molecule has 1 saturated heterocycles. The van der Waals surface area contributed by atoms with Gasteiger partial charge in [-0.1, -0.05) is 33.6 Å². The van der Waals surface area contributed by atoms with E-state index in [1.807, 2.05) is 33.8 Å². The first kappa shape index (κ1) is 25.9. The van der Waals surface area contributed by atoms with Crippen molar-refractivity contribution in [2.24, 2.45) is 0 Å². The highest BCUT2D eigenvalue weighted by atomic mass is 16.5. The Hall–Kier alpha value is -2.12. The van der Waals surface area contributed by atoms with Gasteiger partial charge in [0.25, 0.3) is 0 Å². The molecule has 2 aliphatic rings. The van der Waals surface area contributed by atoms with Crippen LogP contribution in [0.2, 0.25) is 0 Å². The number of hydrogen-bond acceptors (Lipinski definition) is 6. The molecule has 1 aliphatic heterocycles. The highest BCUT2D eigenvalue weighted by Crippen LogP contribution is 2.30. The average molecular weight is 416 g/mol. The summed E-state index contributed by atoms with van der Waals surface area (Å²) in [4.78, 5) is 6.49. The lowest BCUT2D eigenvalue weighted by molar-refractivity contribution is -0.119. The molecule has 2 heterocycles. The summed E-state index contributed by atoms with van der Waals surface area (Å²) in [6, 6.07) is 4.14. The molecule has 1 aliphatic carbocycles. The molecule has 30 heavy (non-hydrogen) atoms. The predicted octanol–water partition coefficient (Wildman–Crippen LogP) is 4.17. The minimum absolute atomic E-state index is 0.294. The number of methoxy groups -OCH3 is 2. The number of aromatic nitrogens is 1. The predicted molar refractivity (Wildman–Crippen MR) is 121 cm³/mol. The van der Waals surface area contributed by atoms with Crippen molar-refractivity contribution >= 4 is 5.69 Å². The van der Waals surface area contributed by atoms with Crippen LogP contribution in [0.25, 0.3) is 0 Å². The van der Waals surface area contributed by atoms with Gasteiger partial charge < -0.3 is 19.1 Å². The zero-order valence-electron chi connectivity index (χ0n) is 19.4. The van der Waals surface area contributed by atoms with Gasteiger partial charge in [-0.05, 0) is 37.7 Å². The molecule has 0 amide bonds. The van der Waals surface area contributed by atoms with Gasteiger partial charge in [0, 0.05) is 33.5 Å². The largest absolute Gasteiger partial charge is 0.381 e. The molecule has 1 saturated carbocycles. The van der Waals surface area contributed by atoms with Gasteiger partial charge in [0.05, 0.1) is 29.6 Å². The van der Waals surface area contributed by atoms with Crippen LogP contribution in [0.15, 0.2) is 12.3 Å². The maximum Gasteiger partial charge on any atom is 0.115 e. The Balaban J connectivity index is 0.00000106. The second-order valence-electron chi connectivity index (χ2n) is 6.71. The van der Waals surface area contributed by atoms with E-state index in [-0.39, 0.29) is 0 Å². The van der Waals surface area contributed by atoms with Crippen LogP contribution in [0.4, 0.5) is 5.69 Å². The molecule has 0 N–H and O–H groups in total. The van der Waals surface area contributed by atoms with Crippen LogP contribution in [0.1, 0.15) is 64.6 Å². The van der Waals surface area contributed by atoms with E-state index in [0.717, 1.165) is 44.5 Å². The number of nitriles is 1. The van der Waals surface area contributed by atoms with E-state index in [9.17, 15) is 5.26 Å². The van der Waals surface area contributed by atoms with E-state index in [2.05, 4.69) is 27.8 Å². The SMILES string of the molecule is CC.CC.COCC#Cc1cc(N2CCC(OC3CC(OC)C3)CC2)c(C#N)cn1. The van der Waals surface area contributed by atoms with E-state index in [1.54, 1.807) is 20.4 Å². The minimum Gasteiger partial charge on any atom is -0.381 e. The number of piperidine rings is 1. The van der Waals surface area contributed by atoms with Crippen LogP contribution in [0.3, 0.4) is 0 Å². The van der Waals surface area contributed by atoms with Gasteiger partial charge in [0.1, 0.15) is 18.4 Å². The summed E-state index contributed by atoms with van der Waals surface area (Å²) in [5, 5.41) is 9.40. The van der Waals surface area contributed by atoms with Crippen molar-refractivity contribution in [2.75, 3.05) is 38.8 Å². The molecule has 0 atom stereocenters. The maximum absolute atomic E-state index is 9.40. The van der Waals surface area contributed by atoms with Crippen molar-refractivity contribution in [2.45, 2.75) is 71.7 Å². The fourth-order valence-electron chi connectivity index (χ4n) is 3.39. The van der Waals surface area contributed by atoms with Crippen molar-refractivity contribution in [3.05, 3.63) is 23.5 Å². The number of anilines is 1. The van der Waals surface area contributed by atoms with Crippen molar-refractivity contribution in [3.63, 3.8) is 0 Å². The van der Waals surface area contributed by atoms with Crippen molar-refractivity contribution < 1.29 is 14.2 Å². The van der Waals surface area contributed by atoms with Crippen LogP contribution in [-0.2, 0) is 14.2 Å². The third-order valence-corrected chi connectivity index (χ3v) is 4.99. The molecule has 0 bridgehead atoms. The topological polar surface area (TPSA) is 67.6 Å². The van der Waals surface area contributed by atoms with Crippen LogP contribution in [0.5, 0.6) is 0 Å². The van der Waals surface area contributed by atoms with Crippen LogP contribution >= 0.6 is 0 Å². The Morgan fingerprint density at radius 3 is 2.30 bits per heavy atom. The summed E-state index contributed by atoms with van der Waals surface area (Å²) >= 11 is 0. The number of hydrogen-bond donors (Lipinski definition) is 0. The molecule has 6 nitrogen and oxygen atoms in total.